The van der Waals surface area contributed by atoms with Crippen molar-refractivity contribution >= 4 is 33.1 Å². The van der Waals surface area contributed by atoms with E-state index in [9.17, 15) is 18.0 Å². The van der Waals surface area contributed by atoms with Crippen molar-refractivity contribution in [2.45, 2.75) is 33.4 Å². The molecule has 27 heavy (non-hydrogen) atoms. The zero-order valence-corrected chi connectivity index (χ0v) is 16.0. The highest BCUT2D eigenvalue weighted by Gasteiger charge is 2.35. The van der Waals surface area contributed by atoms with E-state index in [0.29, 0.717) is 22.4 Å². The Bertz CT molecular complexity index is 995. The van der Waals surface area contributed by atoms with Gasteiger partial charge in [0.05, 0.1) is 21.1 Å². The number of halogens is 3. The Balaban J connectivity index is 1.75. The smallest absolute Gasteiger partial charge is 0.322 e. The van der Waals surface area contributed by atoms with E-state index in [0.717, 1.165) is 22.1 Å². The molecule has 1 heterocycles. The van der Waals surface area contributed by atoms with Gasteiger partial charge in [-0.1, -0.05) is 19.1 Å². The Labute approximate surface area is 159 Å². The highest BCUT2D eigenvalue weighted by atomic mass is 32.1. The standard InChI is InChI=1S/C20H19F3N2OS/c1-11-8-14(9-12(2)20(21,22)23)4-6-16(11)19(26)25-15-5-7-18-17(10-15)24-13(3)27-18/h4-8,10,12H,9H2,1-3H3,(H,25,26). The molecule has 3 aromatic rings. The number of amides is 1. The number of alkyl halides is 3. The number of hydrogen-bond acceptors (Lipinski definition) is 3. The first-order valence-electron chi connectivity index (χ1n) is 8.48. The molecule has 0 spiro atoms. The first kappa shape index (κ1) is 19.4. The van der Waals surface area contributed by atoms with Crippen molar-refractivity contribution in [1.29, 1.82) is 0 Å². The van der Waals surface area contributed by atoms with Gasteiger partial charge < -0.3 is 5.32 Å². The van der Waals surface area contributed by atoms with Crippen molar-refractivity contribution in [1.82, 2.24) is 4.98 Å². The molecule has 3 nitrogen and oxygen atoms in total. The van der Waals surface area contributed by atoms with Gasteiger partial charge in [-0.25, -0.2) is 4.98 Å². The molecule has 1 N–H and O–H groups in total. The largest absolute Gasteiger partial charge is 0.391 e. The summed E-state index contributed by atoms with van der Waals surface area (Å²) in [5.74, 6) is -1.72. The Kier molecular flexibility index (Phi) is 5.24. The SMILES string of the molecule is Cc1nc2cc(NC(=O)c3ccc(CC(C)C(F)(F)F)cc3C)ccc2s1. The Morgan fingerprint density at radius 2 is 1.93 bits per heavy atom. The van der Waals surface area contributed by atoms with Gasteiger partial charge in [0.25, 0.3) is 5.91 Å². The fraction of sp³-hybridized carbons (Fsp3) is 0.300. The van der Waals surface area contributed by atoms with Gasteiger partial charge in [-0.3, -0.25) is 4.79 Å². The number of aryl methyl sites for hydroxylation is 2. The van der Waals surface area contributed by atoms with Crippen LogP contribution in [0.2, 0.25) is 0 Å². The molecule has 2 aromatic carbocycles. The number of carbonyl (C=O) groups is 1. The van der Waals surface area contributed by atoms with Crippen molar-refractivity contribution < 1.29 is 18.0 Å². The molecule has 1 aromatic heterocycles. The average Bonchev–Trinajstić information content (AvgIpc) is 2.93. The van der Waals surface area contributed by atoms with Crippen LogP contribution >= 0.6 is 11.3 Å². The van der Waals surface area contributed by atoms with Crippen LogP contribution in [0, 0.1) is 19.8 Å². The molecule has 0 aliphatic heterocycles. The van der Waals surface area contributed by atoms with Gasteiger partial charge in [-0.2, -0.15) is 13.2 Å². The van der Waals surface area contributed by atoms with Crippen molar-refractivity contribution in [3.05, 3.63) is 58.1 Å². The molecule has 0 radical (unpaired) electrons. The number of thiazole rings is 1. The molecular formula is C20H19F3N2OS. The quantitative estimate of drug-likeness (QED) is 0.600. The van der Waals surface area contributed by atoms with E-state index in [1.165, 1.54) is 0 Å². The second kappa shape index (κ2) is 7.31. The van der Waals surface area contributed by atoms with E-state index in [1.54, 1.807) is 36.5 Å². The second-order valence-corrected chi connectivity index (χ2v) is 7.90. The number of hydrogen-bond donors (Lipinski definition) is 1. The maximum atomic E-state index is 12.7. The third kappa shape index (κ3) is 4.47. The van der Waals surface area contributed by atoms with Crippen LogP contribution in [-0.4, -0.2) is 17.1 Å². The molecule has 0 aliphatic rings. The summed E-state index contributed by atoms with van der Waals surface area (Å²) in [6, 6.07) is 10.3. The molecule has 7 heteroatoms. The van der Waals surface area contributed by atoms with Crippen LogP contribution in [0.25, 0.3) is 10.2 Å². The van der Waals surface area contributed by atoms with Crippen molar-refractivity contribution in [3.8, 4) is 0 Å². The minimum Gasteiger partial charge on any atom is -0.322 e. The summed E-state index contributed by atoms with van der Waals surface area (Å²) < 4.78 is 39.2. The summed E-state index contributed by atoms with van der Waals surface area (Å²) in [5.41, 5.74) is 3.10. The van der Waals surface area contributed by atoms with Crippen LogP contribution in [0.15, 0.2) is 36.4 Å². The van der Waals surface area contributed by atoms with Gasteiger partial charge in [0, 0.05) is 11.3 Å². The van der Waals surface area contributed by atoms with Crippen LogP contribution in [-0.2, 0) is 6.42 Å². The third-order valence-corrected chi connectivity index (χ3v) is 5.34. The molecule has 0 bridgehead atoms. The molecule has 1 atom stereocenters. The van der Waals surface area contributed by atoms with Crippen molar-refractivity contribution in [2.75, 3.05) is 5.32 Å². The summed E-state index contributed by atoms with van der Waals surface area (Å²) in [6.45, 7) is 4.81. The monoisotopic (exact) mass is 392 g/mol. The van der Waals surface area contributed by atoms with Gasteiger partial charge in [0.15, 0.2) is 0 Å². The minimum absolute atomic E-state index is 0.105. The van der Waals surface area contributed by atoms with Crippen molar-refractivity contribution in [3.63, 3.8) is 0 Å². The van der Waals surface area contributed by atoms with Crippen LogP contribution in [0.5, 0.6) is 0 Å². The lowest BCUT2D eigenvalue weighted by Gasteiger charge is -2.16. The Morgan fingerprint density at radius 1 is 1.19 bits per heavy atom. The summed E-state index contributed by atoms with van der Waals surface area (Å²) in [5, 5.41) is 3.78. The van der Waals surface area contributed by atoms with Crippen LogP contribution in [0.1, 0.15) is 33.4 Å². The second-order valence-electron chi connectivity index (χ2n) is 6.67. The number of rotatable bonds is 4. The fourth-order valence-corrected chi connectivity index (χ4v) is 3.70. The predicted octanol–water partition coefficient (Wildman–Crippen LogP) is 5.91. The van der Waals surface area contributed by atoms with Crippen molar-refractivity contribution in [2.24, 2.45) is 5.92 Å². The first-order valence-corrected chi connectivity index (χ1v) is 9.30. The van der Waals surface area contributed by atoms with E-state index in [1.807, 2.05) is 25.1 Å². The van der Waals surface area contributed by atoms with E-state index in [2.05, 4.69) is 10.3 Å². The summed E-state index contributed by atoms with van der Waals surface area (Å²) in [6.07, 6.45) is -4.33. The number of anilines is 1. The summed E-state index contributed by atoms with van der Waals surface area (Å²) in [7, 11) is 0. The van der Waals surface area contributed by atoms with Crippen LogP contribution in [0.3, 0.4) is 0 Å². The van der Waals surface area contributed by atoms with Crippen LogP contribution < -0.4 is 5.32 Å². The lowest BCUT2D eigenvalue weighted by Crippen LogP contribution is -2.22. The highest BCUT2D eigenvalue weighted by molar-refractivity contribution is 7.18. The molecule has 1 amide bonds. The number of carbonyl (C=O) groups excluding carboxylic acids is 1. The highest BCUT2D eigenvalue weighted by Crippen LogP contribution is 2.29. The molecule has 3 rings (SSSR count). The molecule has 0 saturated carbocycles. The van der Waals surface area contributed by atoms with E-state index < -0.39 is 12.1 Å². The lowest BCUT2D eigenvalue weighted by atomic mass is 9.97. The predicted molar refractivity (Wildman–Crippen MR) is 102 cm³/mol. The maximum Gasteiger partial charge on any atom is 0.391 e. The maximum absolute atomic E-state index is 12.7. The van der Waals surface area contributed by atoms with Crippen LogP contribution in [0.4, 0.5) is 18.9 Å². The van der Waals surface area contributed by atoms with E-state index in [4.69, 9.17) is 0 Å². The van der Waals surface area contributed by atoms with E-state index >= 15 is 0 Å². The van der Waals surface area contributed by atoms with Gasteiger partial charge >= 0.3 is 6.18 Å². The number of nitrogens with zero attached hydrogens (tertiary/aromatic N) is 1. The van der Waals surface area contributed by atoms with Gasteiger partial charge in [-0.15, -0.1) is 11.3 Å². The lowest BCUT2D eigenvalue weighted by molar-refractivity contribution is -0.169. The molecule has 142 valence electrons. The summed E-state index contributed by atoms with van der Waals surface area (Å²) >= 11 is 1.58. The molecule has 0 fully saturated rings. The number of aromatic nitrogens is 1. The Hall–Kier alpha value is -2.41. The first-order chi connectivity index (χ1) is 12.6. The molecular weight excluding hydrogens is 373 g/mol. The minimum atomic E-state index is -4.23. The number of nitrogens with one attached hydrogen (secondary N) is 1. The topological polar surface area (TPSA) is 42.0 Å². The Morgan fingerprint density at radius 3 is 2.59 bits per heavy atom. The number of fused-ring (bicyclic) bond motifs is 1. The third-order valence-electron chi connectivity index (χ3n) is 4.39. The molecule has 1 unspecified atom stereocenters. The van der Waals surface area contributed by atoms with Gasteiger partial charge in [0.2, 0.25) is 0 Å². The molecule has 0 aliphatic carbocycles. The zero-order valence-electron chi connectivity index (χ0n) is 15.1. The zero-order chi connectivity index (χ0) is 19.8. The number of benzene rings is 2. The fourth-order valence-electron chi connectivity index (χ4n) is 2.90. The van der Waals surface area contributed by atoms with Gasteiger partial charge in [-0.05, 0) is 55.7 Å². The normalized spacial score (nSPS) is 13.0. The average molecular weight is 392 g/mol. The van der Waals surface area contributed by atoms with E-state index in [-0.39, 0.29) is 12.3 Å². The molecule has 0 saturated heterocycles. The summed E-state index contributed by atoms with van der Waals surface area (Å²) in [4.78, 5) is 17.0. The van der Waals surface area contributed by atoms with Gasteiger partial charge in [0.1, 0.15) is 0 Å².